The van der Waals surface area contributed by atoms with Crippen LogP contribution in [0.25, 0.3) is 0 Å². The molecule has 0 spiro atoms. The lowest BCUT2D eigenvalue weighted by molar-refractivity contribution is -0.119. The number of rotatable bonds is 4. The topological polar surface area (TPSA) is 55.1 Å². The van der Waals surface area contributed by atoms with Gasteiger partial charge in [0.1, 0.15) is 0 Å². The van der Waals surface area contributed by atoms with Crippen molar-refractivity contribution < 1.29 is 4.79 Å². The first-order chi connectivity index (χ1) is 6.67. The van der Waals surface area contributed by atoms with Gasteiger partial charge in [0.15, 0.2) is 0 Å². The molecule has 0 aliphatic heterocycles. The van der Waals surface area contributed by atoms with Gasteiger partial charge < -0.3 is 11.1 Å². The van der Waals surface area contributed by atoms with Crippen LogP contribution in [0, 0.1) is 5.92 Å². The number of hydrogen-bond acceptors (Lipinski definition) is 3. The van der Waals surface area contributed by atoms with Gasteiger partial charge in [-0.2, -0.15) is 0 Å². The molecule has 0 radical (unpaired) electrons. The molecule has 1 unspecified atom stereocenters. The third kappa shape index (κ3) is 3.08. The fraction of sp³-hybridized carbons (Fsp3) is 0.444. The summed E-state index contributed by atoms with van der Waals surface area (Å²) >= 11 is 4.82. The van der Waals surface area contributed by atoms with Crippen LogP contribution in [-0.4, -0.2) is 12.5 Å². The van der Waals surface area contributed by atoms with E-state index in [0.717, 1.165) is 15.9 Å². The van der Waals surface area contributed by atoms with E-state index >= 15 is 0 Å². The van der Waals surface area contributed by atoms with Gasteiger partial charge in [-0.1, -0.05) is 6.92 Å². The first kappa shape index (κ1) is 11.7. The molecule has 1 amide bonds. The van der Waals surface area contributed by atoms with Crippen LogP contribution in [0.1, 0.15) is 13.3 Å². The van der Waals surface area contributed by atoms with Gasteiger partial charge in [0, 0.05) is 16.4 Å². The highest BCUT2D eigenvalue weighted by Crippen LogP contribution is 2.24. The molecule has 0 fully saturated rings. The lowest BCUT2D eigenvalue weighted by Gasteiger charge is -2.10. The summed E-state index contributed by atoms with van der Waals surface area (Å²) in [5.41, 5.74) is 5.48. The SMILES string of the molecule is CCC(CN)C(=O)Nc1cc(Br)cs1. The fourth-order valence-corrected chi connectivity index (χ4v) is 2.38. The molecular formula is C9H13BrN2OS. The number of nitrogens with two attached hydrogens (primary N) is 1. The second kappa shape index (κ2) is 5.48. The molecule has 0 aliphatic rings. The van der Waals surface area contributed by atoms with E-state index in [2.05, 4.69) is 21.2 Å². The van der Waals surface area contributed by atoms with Gasteiger partial charge in [-0.15, -0.1) is 11.3 Å². The average Bonchev–Trinajstić information content (AvgIpc) is 2.53. The minimum Gasteiger partial charge on any atom is -0.330 e. The number of nitrogens with one attached hydrogen (secondary N) is 1. The predicted molar refractivity (Wildman–Crippen MR) is 63.5 cm³/mol. The number of hydrogen-bond donors (Lipinski definition) is 2. The largest absolute Gasteiger partial charge is 0.330 e. The van der Waals surface area contributed by atoms with Crippen LogP contribution < -0.4 is 11.1 Å². The molecule has 78 valence electrons. The first-order valence-electron chi connectivity index (χ1n) is 4.42. The van der Waals surface area contributed by atoms with Crippen molar-refractivity contribution in [3.8, 4) is 0 Å². The zero-order chi connectivity index (χ0) is 10.6. The van der Waals surface area contributed by atoms with Crippen LogP contribution in [0.15, 0.2) is 15.9 Å². The van der Waals surface area contributed by atoms with Gasteiger partial charge >= 0.3 is 0 Å². The third-order valence-electron chi connectivity index (χ3n) is 1.96. The van der Waals surface area contributed by atoms with Crippen molar-refractivity contribution in [2.45, 2.75) is 13.3 Å². The Balaban J connectivity index is 2.56. The Hall–Kier alpha value is -0.390. The Morgan fingerprint density at radius 1 is 1.79 bits per heavy atom. The molecule has 5 heteroatoms. The van der Waals surface area contributed by atoms with Crippen molar-refractivity contribution in [3.05, 3.63) is 15.9 Å². The van der Waals surface area contributed by atoms with E-state index in [1.54, 1.807) is 0 Å². The zero-order valence-electron chi connectivity index (χ0n) is 7.92. The average molecular weight is 277 g/mol. The van der Waals surface area contributed by atoms with E-state index < -0.39 is 0 Å². The Labute approximate surface area is 95.8 Å². The van der Waals surface area contributed by atoms with Crippen molar-refractivity contribution in [1.29, 1.82) is 0 Å². The summed E-state index contributed by atoms with van der Waals surface area (Å²) < 4.78 is 0.985. The Morgan fingerprint density at radius 2 is 2.50 bits per heavy atom. The van der Waals surface area contributed by atoms with Crippen LogP contribution in [-0.2, 0) is 4.79 Å². The Morgan fingerprint density at radius 3 is 2.93 bits per heavy atom. The fourth-order valence-electron chi connectivity index (χ4n) is 1.06. The van der Waals surface area contributed by atoms with Crippen molar-refractivity contribution in [2.75, 3.05) is 11.9 Å². The highest BCUT2D eigenvalue weighted by Gasteiger charge is 2.14. The molecule has 0 aliphatic carbocycles. The highest BCUT2D eigenvalue weighted by atomic mass is 79.9. The van der Waals surface area contributed by atoms with Gasteiger partial charge in [0.05, 0.1) is 10.9 Å². The summed E-state index contributed by atoms with van der Waals surface area (Å²) in [6.45, 7) is 2.36. The standard InChI is InChI=1S/C9H13BrN2OS/c1-2-6(4-11)9(13)12-8-3-7(10)5-14-8/h3,5-6H,2,4,11H2,1H3,(H,12,13). The van der Waals surface area contributed by atoms with Gasteiger partial charge in [0.25, 0.3) is 0 Å². The molecular weight excluding hydrogens is 264 g/mol. The van der Waals surface area contributed by atoms with Crippen LogP contribution in [0.5, 0.6) is 0 Å². The molecule has 1 heterocycles. The quantitative estimate of drug-likeness (QED) is 0.888. The summed E-state index contributed by atoms with van der Waals surface area (Å²) in [7, 11) is 0. The molecule has 14 heavy (non-hydrogen) atoms. The van der Waals surface area contributed by atoms with Crippen LogP contribution in [0.4, 0.5) is 5.00 Å². The smallest absolute Gasteiger partial charge is 0.229 e. The van der Waals surface area contributed by atoms with Gasteiger partial charge in [-0.3, -0.25) is 4.79 Å². The summed E-state index contributed by atoms with van der Waals surface area (Å²) in [5.74, 6) is -0.0831. The van der Waals surface area contributed by atoms with Crippen molar-refractivity contribution in [1.82, 2.24) is 0 Å². The van der Waals surface area contributed by atoms with Crippen molar-refractivity contribution in [3.63, 3.8) is 0 Å². The molecule has 1 atom stereocenters. The Kier molecular flexibility index (Phi) is 4.57. The maximum Gasteiger partial charge on any atom is 0.229 e. The second-order valence-electron chi connectivity index (χ2n) is 2.96. The summed E-state index contributed by atoms with van der Waals surface area (Å²) in [6, 6.07) is 1.88. The third-order valence-corrected chi connectivity index (χ3v) is 3.57. The van der Waals surface area contributed by atoms with E-state index in [0.29, 0.717) is 6.54 Å². The molecule has 0 aromatic carbocycles. The van der Waals surface area contributed by atoms with E-state index in [1.165, 1.54) is 11.3 Å². The molecule has 0 bridgehead atoms. The Bertz CT molecular complexity index is 310. The van der Waals surface area contributed by atoms with E-state index in [9.17, 15) is 4.79 Å². The number of anilines is 1. The zero-order valence-corrected chi connectivity index (χ0v) is 10.3. The predicted octanol–water partition coefficient (Wildman–Crippen LogP) is 2.43. The number of carbonyl (C=O) groups is 1. The van der Waals surface area contributed by atoms with Crippen molar-refractivity contribution >= 4 is 38.2 Å². The van der Waals surface area contributed by atoms with Crippen LogP contribution in [0.2, 0.25) is 0 Å². The van der Waals surface area contributed by atoms with Gasteiger partial charge in [-0.25, -0.2) is 0 Å². The van der Waals surface area contributed by atoms with Crippen LogP contribution in [0.3, 0.4) is 0 Å². The molecule has 0 saturated carbocycles. The van der Waals surface area contributed by atoms with Crippen molar-refractivity contribution in [2.24, 2.45) is 11.7 Å². The summed E-state index contributed by atoms with van der Waals surface area (Å²) in [5, 5.41) is 5.62. The maximum atomic E-state index is 11.6. The second-order valence-corrected chi connectivity index (χ2v) is 4.79. The van der Waals surface area contributed by atoms with E-state index in [4.69, 9.17) is 5.73 Å². The molecule has 3 N–H and O–H groups in total. The minimum absolute atomic E-state index is 0.00403. The number of halogens is 1. The molecule has 1 aromatic rings. The minimum atomic E-state index is -0.0872. The molecule has 3 nitrogen and oxygen atoms in total. The summed E-state index contributed by atoms with van der Waals surface area (Å²) in [4.78, 5) is 11.6. The maximum absolute atomic E-state index is 11.6. The lowest BCUT2D eigenvalue weighted by atomic mass is 10.1. The number of amides is 1. The monoisotopic (exact) mass is 276 g/mol. The van der Waals surface area contributed by atoms with Gasteiger partial charge in [0.2, 0.25) is 5.91 Å². The van der Waals surface area contributed by atoms with Crippen LogP contribution >= 0.6 is 27.3 Å². The number of thiophene rings is 1. The molecule has 1 aromatic heterocycles. The molecule has 1 rings (SSSR count). The first-order valence-corrected chi connectivity index (χ1v) is 6.09. The molecule has 0 saturated heterocycles. The van der Waals surface area contributed by atoms with E-state index in [1.807, 2.05) is 18.4 Å². The lowest BCUT2D eigenvalue weighted by Crippen LogP contribution is -2.28. The van der Waals surface area contributed by atoms with E-state index in [-0.39, 0.29) is 11.8 Å². The normalized spacial score (nSPS) is 12.5. The highest BCUT2D eigenvalue weighted by molar-refractivity contribution is 9.10. The number of carbonyl (C=O) groups excluding carboxylic acids is 1. The summed E-state index contributed by atoms with van der Waals surface area (Å²) in [6.07, 6.45) is 0.773. The van der Waals surface area contributed by atoms with Gasteiger partial charge in [-0.05, 0) is 28.4 Å².